The minimum Gasteiger partial charge on any atom is -0.453 e. The topological polar surface area (TPSA) is 167 Å². The predicted octanol–water partition coefficient (Wildman–Crippen LogP) is 7.17. The summed E-state index contributed by atoms with van der Waals surface area (Å²) in [6.07, 6.45) is 11.9. The van der Waals surface area contributed by atoms with Crippen LogP contribution in [0.1, 0.15) is 75.1 Å². The van der Waals surface area contributed by atoms with Crippen molar-refractivity contribution in [3.8, 4) is 33.6 Å². The lowest BCUT2D eigenvalue weighted by atomic mass is 9.80. The van der Waals surface area contributed by atoms with E-state index in [1.807, 2.05) is 48.7 Å². The molecule has 3 amide bonds. The van der Waals surface area contributed by atoms with E-state index >= 15 is 4.39 Å². The quantitative estimate of drug-likeness (QED) is 0.0966. The number of benzene rings is 2. The number of fused-ring (bicyclic) bond motifs is 2. The third kappa shape index (κ3) is 8.66. The number of pyridine rings is 1. The van der Waals surface area contributed by atoms with Crippen molar-refractivity contribution in [1.82, 2.24) is 40.5 Å². The minimum atomic E-state index is -0.916. The summed E-state index contributed by atoms with van der Waals surface area (Å²) in [5, 5.41) is 5.14. The number of hydrogen-bond donors (Lipinski definition) is 4. The number of hydrogen-bond acceptors (Lipinski definition) is 8. The van der Waals surface area contributed by atoms with Gasteiger partial charge in [-0.1, -0.05) is 49.4 Å². The Hall–Kier alpha value is -5.89. The molecule has 3 fully saturated rings. The van der Waals surface area contributed by atoms with E-state index in [0.29, 0.717) is 60.4 Å². The number of aromatic amines is 2. The molecule has 2 aromatic carbocycles. The van der Waals surface area contributed by atoms with Gasteiger partial charge in [-0.05, 0) is 85.6 Å². The van der Waals surface area contributed by atoms with Gasteiger partial charge in [-0.25, -0.2) is 19.2 Å². The number of H-pyrrole nitrogens is 2. The van der Waals surface area contributed by atoms with Gasteiger partial charge in [0, 0.05) is 49.6 Å². The van der Waals surface area contributed by atoms with E-state index in [2.05, 4.69) is 37.5 Å². The van der Waals surface area contributed by atoms with Crippen LogP contribution in [-0.2, 0) is 25.6 Å². The number of amides is 3. The van der Waals surface area contributed by atoms with Crippen molar-refractivity contribution in [3.63, 3.8) is 0 Å². The number of alkyl carbamates (subject to hydrolysis) is 1. The molecule has 14 heteroatoms. The highest BCUT2D eigenvalue weighted by Crippen LogP contribution is 2.56. The van der Waals surface area contributed by atoms with Gasteiger partial charge in [0.25, 0.3) is 0 Å². The summed E-state index contributed by atoms with van der Waals surface area (Å²) in [4.78, 5) is 57.2. The number of ether oxygens (including phenoxy) is 2. The Morgan fingerprint density at radius 1 is 0.948 bits per heavy atom. The van der Waals surface area contributed by atoms with Crippen molar-refractivity contribution in [2.75, 3.05) is 20.8 Å². The zero-order valence-corrected chi connectivity index (χ0v) is 33.3. The van der Waals surface area contributed by atoms with E-state index in [9.17, 15) is 14.4 Å². The second kappa shape index (κ2) is 18.1. The van der Waals surface area contributed by atoms with Crippen LogP contribution in [0.4, 0.5) is 9.18 Å². The summed E-state index contributed by atoms with van der Waals surface area (Å²) in [5.41, 5.74) is 5.63. The summed E-state index contributed by atoms with van der Waals surface area (Å²) < 4.78 is 25.7. The molecular formula is C44H51FN8O5. The lowest BCUT2D eigenvalue weighted by molar-refractivity contribution is -0.137. The van der Waals surface area contributed by atoms with Gasteiger partial charge < -0.3 is 35.0 Å². The van der Waals surface area contributed by atoms with Crippen LogP contribution in [-0.4, -0.2) is 81.1 Å². The van der Waals surface area contributed by atoms with Gasteiger partial charge in [0.05, 0.1) is 43.0 Å². The maximum atomic E-state index is 15.6. The molecule has 6 unspecified atom stereocenters. The van der Waals surface area contributed by atoms with Crippen LogP contribution in [0.2, 0.25) is 0 Å². The fraction of sp³-hybridized carbons (Fsp3) is 0.409. The molecule has 58 heavy (non-hydrogen) atoms. The fourth-order valence-corrected chi connectivity index (χ4v) is 8.96. The first kappa shape index (κ1) is 40.3. The largest absolute Gasteiger partial charge is 0.453 e. The molecule has 4 heterocycles. The molecule has 2 bridgehead atoms. The number of nitrogens with zero attached hydrogens (tertiary/aromatic N) is 4. The Balaban J connectivity index is 0.000000449. The number of aromatic nitrogens is 5. The number of carbonyl (C=O) groups is 3. The average Bonchev–Trinajstić information content (AvgIpc) is 4.12. The first-order chi connectivity index (χ1) is 28.2. The molecule has 5 aromatic rings. The van der Waals surface area contributed by atoms with E-state index < -0.39 is 18.2 Å². The minimum absolute atomic E-state index is 0.278. The molecule has 2 aliphatic carbocycles. The normalized spacial score (nSPS) is 21.8. The van der Waals surface area contributed by atoms with Crippen molar-refractivity contribution >= 4 is 18.4 Å². The van der Waals surface area contributed by atoms with Gasteiger partial charge >= 0.3 is 6.09 Å². The van der Waals surface area contributed by atoms with Crippen LogP contribution in [0.15, 0.2) is 79.4 Å². The lowest BCUT2D eigenvalue weighted by Gasteiger charge is -2.30. The summed E-state index contributed by atoms with van der Waals surface area (Å²) in [7, 11) is 2.73. The number of rotatable bonds is 12. The Morgan fingerprint density at radius 3 is 2.33 bits per heavy atom. The highest BCUT2D eigenvalue weighted by atomic mass is 19.1. The van der Waals surface area contributed by atoms with E-state index in [-0.39, 0.29) is 17.8 Å². The van der Waals surface area contributed by atoms with Crippen LogP contribution < -0.4 is 10.6 Å². The van der Waals surface area contributed by atoms with Crippen LogP contribution in [0, 0.1) is 23.6 Å². The molecule has 0 spiro atoms. The van der Waals surface area contributed by atoms with Gasteiger partial charge in [0.15, 0.2) is 0 Å². The van der Waals surface area contributed by atoms with Crippen molar-refractivity contribution in [2.45, 2.75) is 76.6 Å². The van der Waals surface area contributed by atoms with E-state index in [0.717, 1.165) is 46.5 Å². The molecule has 304 valence electrons. The molecule has 8 rings (SSSR count). The Kier molecular flexibility index (Phi) is 12.6. The van der Waals surface area contributed by atoms with Crippen LogP contribution in [0.25, 0.3) is 33.6 Å². The number of imidazole rings is 2. The molecule has 3 aliphatic rings. The first-order valence-corrected chi connectivity index (χ1v) is 19.9. The zero-order valence-electron chi connectivity index (χ0n) is 33.3. The number of halogens is 1. The molecule has 2 saturated carbocycles. The van der Waals surface area contributed by atoms with Crippen LogP contribution in [0.5, 0.6) is 0 Å². The smallest absolute Gasteiger partial charge is 0.407 e. The number of carbonyl (C=O) groups excluding carboxylic acids is 3. The van der Waals surface area contributed by atoms with Crippen molar-refractivity contribution in [3.05, 3.63) is 102 Å². The summed E-state index contributed by atoms with van der Waals surface area (Å²) in [6.45, 7) is 5.16. The molecular weight excluding hydrogens is 740 g/mol. The summed E-state index contributed by atoms with van der Waals surface area (Å²) in [5.74, 6) is 3.85. The maximum Gasteiger partial charge on any atom is 0.407 e. The Labute approximate surface area is 337 Å². The fourth-order valence-electron chi connectivity index (χ4n) is 8.96. The summed E-state index contributed by atoms with van der Waals surface area (Å²) >= 11 is 0. The SMILES string of the molecule is COC(=O)NC(C(=O)N1CCCC1c1ncc(-c2ccc(-c3ccc(-c4cnc([C@H]5C6CCC(C6)C5C)[nH]4)cc3)c(F)c2)[nH]1)C(C)OC.O=CNCc1cccnc1. The maximum absolute atomic E-state index is 15.6. The Bertz CT molecular complexity index is 2170. The second-order valence-electron chi connectivity index (χ2n) is 15.5. The van der Waals surface area contributed by atoms with E-state index in [1.165, 1.54) is 39.5 Å². The first-order valence-electron chi connectivity index (χ1n) is 19.9. The van der Waals surface area contributed by atoms with Crippen molar-refractivity contribution in [1.29, 1.82) is 0 Å². The molecule has 0 radical (unpaired) electrons. The van der Waals surface area contributed by atoms with Crippen molar-refractivity contribution in [2.24, 2.45) is 17.8 Å². The highest BCUT2D eigenvalue weighted by Gasteiger charge is 2.47. The van der Waals surface area contributed by atoms with Gasteiger partial charge in [-0.3, -0.25) is 14.6 Å². The number of likely N-dealkylation sites (tertiary alicyclic amines) is 1. The second-order valence-corrected chi connectivity index (χ2v) is 15.5. The number of methoxy groups -OCH3 is 2. The van der Waals surface area contributed by atoms with E-state index in [4.69, 9.17) is 14.5 Å². The standard InChI is InChI=1S/C37H43FN6O4.C7H8N2O/c1-20-24-11-12-26(16-24)32(20)35-40-18-29(42-35)23-9-7-22(8-10-23)27-14-13-25(17-28(27)38)30-19-39-34(41-30)31-6-5-15-44(31)36(45)33(21(2)47-3)43-37(46)48-4;10-6-9-5-7-2-1-3-8-4-7/h7-10,13-14,17-21,24,26,31-33H,5-6,11-12,15-16H2,1-4H3,(H,39,41)(H,40,42)(H,43,46);1-4,6H,5H2,(H,9,10)/t20?,21?,24?,26?,31?,32-,33?;/m1./s1. The number of nitrogens with one attached hydrogen (secondary N) is 4. The molecule has 4 N–H and O–H groups in total. The lowest BCUT2D eigenvalue weighted by Crippen LogP contribution is -2.54. The monoisotopic (exact) mass is 790 g/mol. The third-order valence-corrected chi connectivity index (χ3v) is 12.2. The predicted molar refractivity (Wildman–Crippen MR) is 216 cm³/mol. The summed E-state index contributed by atoms with van der Waals surface area (Å²) in [6, 6.07) is 15.6. The molecule has 13 nitrogen and oxygen atoms in total. The molecule has 1 saturated heterocycles. The molecule has 1 aliphatic heterocycles. The van der Waals surface area contributed by atoms with Gasteiger partial charge in [0.2, 0.25) is 12.3 Å². The highest BCUT2D eigenvalue weighted by molar-refractivity contribution is 5.87. The zero-order chi connectivity index (χ0) is 40.8. The van der Waals surface area contributed by atoms with Gasteiger partial charge in [-0.2, -0.15) is 0 Å². The third-order valence-electron chi connectivity index (χ3n) is 12.2. The van der Waals surface area contributed by atoms with Gasteiger partial charge in [0.1, 0.15) is 23.5 Å². The van der Waals surface area contributed by atoms with Crippen LogP contribution >= 0.6 is 0 Å². The molecule has 7 atom stereocenters. The Morgan fingerprint density at radius 2 is 1.66 bits per heavy atom. The average molecular weight is 791 g/mol. The van der Waals surface area contributed by atoms with Gasteiger partial charge in [-0.15, -0.1) is 0 Å². The van der Waals surface area contributed by atoms with E-state index in [1.54, 1.807) is 36.5 Å². The molecule has 3 aromatic heterocycles. The van der Waals surface area contributed by atoms with Crippen molar-refractivity contribution < 1.29 is 28.2 Å². The van der Waals surface area contributed by atoms with Crippen LogP contribution in [0.3, 0.4) is 0 Å².